The maximum Gasteiger partial charge on any atom is 0.340 e. The molecule has 6 nitrogen and oxygen atoms in total. The number of nitrogens with zero attached hydrogens (tertiary/aromatic N) is 1. The lowest BCUT2D eigenvalue weighted by Gasteiger charge is -2.20. The lowest BCUT2D eigenvalue weighted by atomic mass is 10.1. The minimum absolute atomic E-state index is 0.0919. The summed E-state index contributed by atoms with van der Waals surface area (Å²) in [6.45, 7) is 8.47. The molecule has 0 aromatic heterocycles. The summed E-state index contributed by atoms with van der Waals surface area (Å²) < 4.78 is 10.5. The molecule has 154 valence electrons. The van der Waals surface area contributed by atoms with Crippen molar-refractivity contribution in [3.8, 4) is 0 Å². The van der Waals surface area contributed by atoms with Gasteiger partial charge in [-0.3, -0.25) is 4.79 Å². The number of amides is 1. The molecule has 6 heteroatoms. The van der Waals surface area contributed by atoms with E-state index < -0.39 is 5.97 Å². The summed E-state index contributed by atoms with van der Waals surface area (Å²) in [6, 6.07) is 4.75. The fourth-order valence-electron chi connectivity index (χ4n) is 2.48. The zero-order valence-electron chi connectivity index (χ0n) is 17.6. The minimum Gasteiger partial charge on any atom is -0.462 e. The Bertz CT molecular complexity index is 734. The first-order valence-electron chi connectivity index (χ1n) is 9.46. The Morgan fingerprint density at radius 3 is 2.54 bits per heavy atom. The number of carbonyl (C=O) groups excluding carboxylic acids is 2. The molecular weight excluding hydrogens is 356 g/mol. The van der Waals surface area contributed by atoms with E-state index in [9.17, 15) is 9.59 Å². The Hall–Kier alpha value is -2.60. The van der Waals surface area contributed by atoms with Crippen LogP contribution in [-0.4, -0.2) is 38.7 Å². The van der Waals surface area contributed by atoms with Crippen LogP contribution in [0.1, 0.15) is 50.9 Å². The van der Waals surface area contributed by atoms with Crippen LogP contribution in [0.15, 0.2) is 41.5 Å². The molecule has 1 aromatic rings. The lowest BCUT2D eigenvalue weighted by molar-refractivity contribution is -0.122. The number of benzene rings is 1. The first kappa shape index (κ1) is 23.4. The monoisotopic (exact) mass is 388 g/mol. The molecule has 0 radical (unpaired) electrons. The fourth-order valence-corrected chi connectivity index (χ4v) is 2.48. The molecule has 0 spiro atoms. The Kier molecular flexibility index (Phi) is 10.0. The van der Waals surface area contributed by atoms with E-state index in [4.69, 9.17) is 15.2 Å². The summed E-state index contributed by atoms with van der Waals surface area (Å²) in [5, 5.41) is 0. The number of rotatable bonds is 10. The van der Waals surface area contributed by atoms with Crippen LogP contribution in [0.5, 0.6) is 0 Å². The first-order chi connectivity index (χ1) is 13.3. The second-order valence-electron chi connectivity index (χ2n) is 6.84. The van der Waals surface area contributed by atoms with Gasteiger partial charge in [-0.05, 0) is 58.7 Å². The highest BCUT2D eigenvalue weighted by molar-refractivity contribution is 6.03. The quantitative estimate of drug-likeness (QED) is 0.282. The van der Waals surface area contributed by atoms with Crippen LogP contribution in [0.3, 0.4) is 0 Å². The van der Waals surface area contributed by atoms with Crippen molar-refractivity contribution in [3.63, 3.8) is 0 Å². The third-order valence-electron chi connectivity index (χ3n) is 4.12. The molecule has 1 rings (SSSR count). The third-order valence-corrected chi connectivity index (χ3v) is 4.12. The van der Waals surface area contributed by atoms with Gasteiger partial charge in [-0.15, -0.1) is 0 Å². The topological polar surface area (TPSA) is 81.9 Å². The van der Waals surface area contributed by atoms with Gasteiger partial charge in [0, 0.05) is 12.7 Å². The highest BCUT2D eigenvalue weighted by Crippen LogP contribution is 2.24. The van der Waals surface area contributed by atoms with Crippen LogP contribution in [0, 0.1) is 0 Å². The van der Waals surface area contributed by atoms with Gasteiger partial charge in [0.2, 0.25) is 0 Å². The van der Waals surface area contributed by atoms with Gasteiger partial charge in [0.25, 0.3) is 5.91 Å². The van der Waals surface area contributed by atoms with E-state index in [1.54, 1.807) is 32.2 Å². The van der Waals surface area contributed by atoms with Gasteiger partial charge in [0.05, 0.1) is 24.5 Å². The Balaban J connectivity index is 2.65. The highest BCUT2D eigenvalue weighted by Gasteiger charge is 2.20. The van der Waals surface area contributed by atoms with E-state index in [2.05, 4.69) is 26.8 Å². The molecular formula is C22H32N2O4. The summed E-state index contributed by atoms with van der Waals surface area (Å²) in [7, 11) is 1.59. The fraction of sp³-hybridized carbons (Fsp3) is 0.455. The number of anilines is 2. The van der Waals surface area contributed by atoms with Crippen LogP contribution >= 0.6 is 0 Å². The zero-order chi connectivity index (χ0) is 21.1. The number of carbonyl (C=O) groups is 2. The minimum atomic E-state index is -0.493. The summed E-state index contributed by atoms with van der Waals surface area (Å²) in [5.74, 6) is -0.764. The van der Waals surface area contributed by atoms with E-state index in [1.165, 1.54) is 16.0 Å². The maximum absolute atomic E-state index is 12.5. The standard InChI is InChI=1S/C22H32N2O4/c1-6-28-22(26)19-11-10-18(23)14-20(19)24(5)21(25)15-27-13-12-17(4)9-7-8-16(2)3/h8,10-12,14H,6-7,9,13,15,23H2,1-5H3. The number of hydrogen-bond acceptors (Lipinski definition) is 5. The molecule has 2 N–H and O–H groups in total. The van der Waals surface area contributed by atoms with Crippen molar-refractivity contribution in [3.05, 3.63) is 47.1 Å². The molecule has 0 fully saturated rings. The lowest BCUT2D eigenvalue weighted by Crippen LogP contribution is -2.31. The molecule has 0 aliphatic rings. The number of nitrogens with two attached hydrogens (primary N) is 1. The van der Waals surface area contributed by atoms with E-state index >= 15 is 0 Å². The molecule has 0 atom stereocenters. The summed E-state index contributed by atoms with van der Waals surface area (Å²) in [4.78, 5) is 26.0. The van der Waals surface area contributed by atoms with Crippen molar-refractivity contribution in [2.24, 2.45) is 0 Å². The molecule has 0 aliphatic carbocycles. The average molecular weight is 389 g/mol. The number of esters is 1. The second kappa shape index (κ2) is 12.0. The number of hydrogen-bond donors (Lipinski definition) is 1. The normalized spacial score (nSPS) is 11.1. The molecule has 0 aliphatic heterocycles. The van der Waals surface area contributed by atoms with Gasteiger partial charge < -0.3 is 20.1 Å². The van der Waals surface area contributed by atoms with Crippen molar-refractivity contribution in [2.75, 3.05) is 37.5 Å². The Morgan fingerprint density at radius 1 is 1.18 bits per heavy atom. The molecule has 1 aromatic carbocycles. The van der Waals surface area contributed by atoms with Gasteiger partial charge in [-0.2, -0.15) is 0 Å². The van der Waals surface area contributed by atoms with Gasteiger partial charge >= 0.3 is 5.97 Å². The molecule has 0 saturated carbocycles. The number of allylic oxidation sites excluding steroid dienone is 3. The Morgan fingerprint density at radius 2 is 1.89 bits per heavy atom. The highest BCUT2D eigenvalue weighted by atomic mass is 16.5. The van der Waals surface area contributed by atoms with E-state index in [0.29, 0.717) is 23.5 Å². The predicted octanol–water partition coefficient (Wildman–Crippen LogP) is 4.12. The van der Waals surface area contributed by atoms with Crippen LogP contribution in [0.25, 0.3) is 0 Å². The third kappa shape index (κ3) is 7.96. The smallest absolute Gasteiger partial charge is 0.340 e. The van der Waals surface area contributed by atoms with Gasteiger partial charge in [0.15, 0.2) is 0 Å². The average Bonchev–Trinajstić information content (AvgIpc) is 2.64. The van der Waals surface area contributed by atoms with Crippen molar-refractivity contribution in [1.82, 2.24) is 0 Å². The predicted molar refractivity (Wildman–Crippen MR) is 113 cm³/mol. The molecule has 0 heterocycles. The van der Waals surface area contributed by atoms with Gasteiger partial charge in [-0.25, -0.2) is 4.79 Å². The van der Waals surface area contributed by atoms with Crippen molar-refractivity contribution >= 4 is 23.3 Å². The molecule has 28 heavy (non-hydrogen) atoms. The molecule has 1 amide bonds. The SMILES string of the molecule is CCOC(=O)c1ccc(N)cc1N(C)C(=O)COCC=C(C)CCC=C(C)C. The summed E-state index contributed by atoms with van der Waals surface area (Å²) >= 11 is 0. The van der Waals surface area contributed by atoms with Crippen molar-refractivity contribution < 1.29 is 19.1 Å². The second-order valence-corrected chi connectivity index (χ2v) is 6.84. The largest absolute Gasteiger partial charge is 0.462 e. The molecule has 0 bridgehead atoms. The Labute approximate surface area is 168 Å². The van der Waals surface area contributed by atoms with Crippen LogP contribution in [-0.2, 0) is 14.3 Å². The number of likely N-dealkylation sites (N-methyl/N-ethyl adjacent to an activating group) is 1. The molecule has 0 unspecified atom stereocenters. The zero-order valence-corrected chi connectivity index (χ0v) is 17.6. The first-order valence-corrected chi connectivity index (χ1v) is 9.46. The molecule has 0 saturated heterocycles. The van der Waals surface area contributed by atoms with Crippen LogP contribution < -0.4 is 10.6 Å². The number of ether oxygens (including phenoxy) is 2. The maximum atomic E-state index is 12.5. The van der Waals surface area contributed by atoms with Crippen molar-refractivity contribution in [1.29, 1.82) is 0 Å². The number of nitrogen functional groups attached to an aromatic ring is 1. The van der Waals surface area contributed by atoms with Crippen molar-refractivity contribution in [2.45, 2.75) is 40.5 Å². The summed E-state index contributed by atoms with van der Waals surface area (Å²) in [6.07, 6.45) is 6.15. The van der Waals surface area contributed by atoms with E-state index in [-0.39, 0.29) is 19.1 Å². The van der Waals surface area contributed by atoms with Gasteiger partial charge in [0.1, 0.15) is 6.61 Å². The van der Waals surface area contributed by atoms with E-state index in [0.717, 1.165) is 12.8 Å². The van der Waals surface area contributed by atoms with Crippen LogP contribution in [0.4, 0.5) is 11.4 Å². The van der Waals surface area contributed by atoms with E-state index in [1.807, 2.05) is 6.08 Å². The summed E-state index contributed by atoms with van der Waals surface area (Å²) in [5.41, 5.74) is 9.50. The van der Waals surface area contributed by atoms with Gasteiger partial charge in [-0.1, -0.05) is 23.3 Å². The van der Waals surface area contributed by atoms with Crippen LogP contribution in [0.2, 0.25) is 0 Å².